The van der Waals surface area contributed by atoms with Crippen LogP contribution in [0.2, 0.25) is 5.02 Å². The third-order valence-corrected chi connectivity index (χ3v) is 6.33. The molecule has 40 heavy (non-hydrogen) atoms. The maximum absolute atomic E-state index is 12.4. The topological polar surface area (TPSA) is 106 Å². The van der Waals surface area contributed by atoms with E-state index >= 15 is 0 Å². The Hall–Kier alpha value is -3.67. The summed E-state index contributed by atoms with van der Waals surface area (Å²) in [5.74, 6) is -0.807. The number of hydrogen-bond acceptors (Lipinski definition) is 7. The number of hydrogen-bond donors (Lipinski definition) is 3. The molecular weight excluding hydrogens is 549 g/mol. The van der Waals surface area contributed by atoms with Gasteiger partial charge in [0.25, 0.3) is 0 Å². The maximum atomic E-state index is 12.4. The first-order valence-corrected chi connectivity index (χ1v) is 13.0. The number of nitrogens with zero attached hydrogens (tertiary/aromatic N) is 2. The van der Waals surface area contributed by atoms with Gasteiger partial charge in [-0.1, -0.05) is 23.7 Å². The highest BCUT2D eigenvalue weighted by molar-refractivity contribution is 6.32. The number of pyridine rings is 2. The van der Waals surface area contributed by atoms with Gasteiger partial charge >= 0.3 is 12.3 Å². The molecule has 0 amide bonds. The van der Waals surface area contributed by atoms with Crippen LogP contribution in [0.25, 0.3) is 21.7 Å². The SMILES string of the molecule is C[C@H](COCCCCNCc1ccc(OC(F)(F)F)c(Cl)c1)Nc1nc2cc(C(=O)O)ccc2c2cnccc12. The van der Waals surface area contributed by atoms with E-state index in [1.165, 1.54) is 18.2 Å². The van der Waals surface area contributed by atoms with Gasteiger partial charge in [-0.15, -0.1) is 13.2 Å². The number of halogens is 4. The minimum atomic E-state index is -4.79. The summed E-state index contributed by atoms with van der Waals surface area (Å²) in [7, 11) is 0. The predicted octanol–water partition coefficient (Wildman–Crippen LogP) is 6.42. The smallest absolute Gasteiger partial charge is 0.478 e. The van der Waals surface area contributed by atoms with Crippen molar-refractivity contribution in [1.82, 2.24) is 15.3 Å². The molecule has 2 aromatic heterocycles. The zero-order chi connectivity index (χ0) is 28.7. The number of aromatic nitrogens is 2. The van der Waals surface area contributed by atoms with Crippen LogP contribution in [-0.4, -0.2) is 53.2 Å². The highest BCUT2D eigenvalue weighted by atomic mass is 35.5. The summed E-state index contributed by atoms with van der Waals surface area (Å²) < 4.78 is 46.8. The van der Waals surface area contributed by atoms with Crippen molar-refractivity contribution in [3.05, 3.63) is 71.0 Å². The highest BCUT2D eigenvalue weighted by Gasteiger charge is 2.32. The molecule has 0 aliphatic heterocycles. The van der Waals surface area contributed by atoms with Crippen molar-refractivity contribution in [2.24, 2.45) is 0 Å². The summed E-state index contributed by atoms with van der Waals surface area (Å²) in [6.07, 6.45) is 0.312. The van der Waals surface area contributed by atoms with Crippen molar-refractivity contribution in [2.75, 3.05) is 25.1 Å². The number of benzene rings is 2. The minimum Gasteiger partial charge on any atom is -0.478 e. The zero-order valence-corrected chi connectivity index (χ0v) is 22.4. The summed E-state index contributed by atoms with van der Waals surface area (Å²) in [6.45, 7) is 4.14. The Bertz CT molecular complexity index is 1490. The third kappa shape index (κ3) is 7.93. The number of carboxylic acid groups (broad SMARTS) is 1. The first kappa shape index (κ1) is 29.3. The molecule has 0 saturated heterocycles. The quantitative estimate of drug-likeness (QED) is 0.124. The summed E-state index contributed by atoms with van der Waals surface area (Å²) in [5.41, 5.74) is 1.48. The van der Waals surface area contributed by atoms with Crippen LogP contribution in [-0.2, 0) is 11.3 Å². The third-order valence-electron chi connectivity index (χ3n) is 6.04. The number of carbonyl (C=O) groups is 1. The van der Waals surface area contributed by atoms with Crippen LogP contribution in [0.4, 0.5) is 19.0 Å². The normalized spacial score (nSPS) is 12.5. The van der Waals surface area contributed by atoms with Gasteiger partial charge in [0.05, 0.1) is 22.7 Å². The average Bonchev–Trinajstić information content (AvgIpc) is 2.90. The molecule has 0 bridgehead atoms. The maximum Gasteiger partial charge on any atom is 0.573 e. The number of anilines is 1. The van der Waals surface area contributed by atoms with Gasteiger partial charge in [0.15, 0.2) is 0 Å². The number of carboxylic acids is 1. The van der Waals surface area contributed by atoms with E-state index in [-0.39, 0.29) is 16.6 Å². The van der Waals surface area contributed by atoms with Gasteiger partial charge in [-0.25, -0.2) is 9.78 Å². The molecule has 0 radical (unpaired) electrons. The Morgan fingerprint density at radius 3 is 2.67 bits per heavy atom. The molecule has 212 valence electrons. The van der Waals surface area contributed by atoms with Crippen molar-refractivity contribution in [1.29, 1.82) is 0 Å². The van der Waals surface area contributed by atoms with E-state index in [4.69, 9.17) is 16.3 Å². The van der Waals surface area contributed by atoms with Crippen molar-refractivity contribution >= 4 is 45.1 Å². The minimum absolute atomic E-state index is 0.0591. The Morgan fingerprint density at radius 1 is 1.10 bits per heavy atom. The fourth-order valence-corrected chi connectivity index (χ4v) is 4.42. The average molecular weight is 577 g/mol. The van der Waals surface area contributed by atoms with Crippen LogP contribution >= 0.6 is 11.6 Å². The molecule has 4 aromatic rings. The fourth-order valence-electron chi connectivity index (χ4n) is 4.17. The number of nitrogens with one attached hydrogen (secondary N) is 2. The van der Waals surface area contributed by atoms with Crippen molar-refractivity contribution in [3.63, 3.8) is 0 Å². The molecule has 0 aliphatic carbocycles. The van der Waals surface area contributed by atoms with Gasteiger partial charge in [-0.2, -0.15) is 0 Å². The fraction of sp³-hybridized carbons (Fsp3) is 0.321. The second-order valence-electron chi connectivity index (χ2n) is 9.24. The monoisotopic (exact) mass is 576 g/mol. The summed E-state index contributed by atoms with van der Waals surface area (Å²) in [6, 6.07) is 10.9. The molecule has 0 aliphatic rings. The predicted molar refractivity (Wildman–Crippen MR) is 147 cm³/mol. The lowest BCUT2D eigenvalue weighted by molar-refractivity contribution is -0.274. The van der Waals surface area contributed by atoms with Gasteiger partial charge in [-0.3, -0.25) is 4.98 Å². The van der Waals surface area contributed by atoms with Crippen LogP contribution < -0.4 is 15.4 Å². The van der Waals surface area contributed by atoms with Crippen LogP contribution in [0.15, 0.2) is 54.9 Å². The number of aromatic carboxylic acids is 1. The van der Waals surface area contributed by atoms with Crippen LogP contribution in [0.3, 0.4) is 0 Å². The van der Waals surface area contributed by atoms with E-state index in [1.807, 2.05) is 13.0 Å². The summed E-state index contributed by atoms with van der Waals surface area (Å²) in [5, 5.41) is 18.4. The van der Waals surface area contributed by atoms with Gasteiger partial charge in [-0.05, 0) is 62.2 Å². The molecule has 2 aromatic carbocycles. The lowest BCUT2D eigenvalue weighted by Gasteiger charge is -2.17. The number of unbranched alkanes of at least 4 members (excludes halogenated alkanes) is 1. The van der Waals surface area contributed by atoms with E-state index in [1.54, 1.807) is 30.6 Å². The zero-order valence-electron chi connectivity index (χ0n) is 21.6. The number of fused-ring (bicyclic) bond motifs is 3. The number of rotatable bonds is 13. The van der Waals surface area contributed by atoms with Crippen molar-refractivity contribution in [2.45, 2.75) is 38.7 Å². The molecule has 0 spiro atoms. The van der Waals surface area contributed by atoms with Gasteiger partial charge in [0.1, 0.15) is 11.6 Å². The highest BCUT2D eigenvalue weighted by Crippen LogP contribution is 2.31. The Labute approximate surface area is 233 Å². The van der Waals surface area contributed by atoms with E-state index in [0.29, 0.717) is 37.6 Å². The number of ether oxygens (including phenoxy) is 2. The molecular formula is C28H28ClF3N4O4. The van der Waals surface area contributed by atoms with Crippen LogP contribution in [0.5, 0.6) is 5.75 Å². The van der Waals surface area contributed by atoms with E-state index in [9.17, 15) is 23.1 Å². The summed E-state index contributed by atoms with van der Waals surface area (Å²) >= 11 is 5.88. The van der Waals surface area contributed by atoms with E-state index < -0.39 is 18.1 Å². The lowest BCUT2D eigenvalue weighted by Crippen LogP contribution is -2.23. The molecule has 12 heteroatoms. The van der Waals surface area contributed by atoms with E-state index in [2.05, 4.69) is 25.3 Å². The standard InChI is InChI=1S/C28H28ClF3N4O4/c1-17(16-39-11-3-2-9-33-14-18-4-7-25(23(29)12-18)40-28(30,31)32)35-26-21-8-10-34-15-22(21)20-6-5-19(27(37)38)13-24(20)36-26/h4-8,10,12-13,15,17,33H,2-3,9,11,14,16H2,1H3,(H,35,36)(H,37,38)/t17-/m1/s1. The van der Waals surface area contributed by atoms with Crippen LogP contribution in [0, 0.1) is 0 Å². The Morgan fingerprint density at radius 2 is 1.93 bits per heavy atom. The Kier molecular flexibility index (Phi) is 9.62. The molecule has 0 saturated carbocycles. The molecule has 8 nitrogen and oxygen atoms in total. The van der Waals surface area contributed by atoms with Crippen molar-refractivity contribution < 1.29 is 32.5 Å². The largest absolute Gasteiger partial charge is 0.573 e. The van der Waals surface area contributed by atoms with Gasteiger partial charge in [0.2, 0.25) is 0 Å². The molecule has 4 rings (SSSR count). The summed E-state index contributed by atoms with van der Waals surface area (Å²) in [4.78, 5) is 20.3. The first-order chi connectivity index (χ1) is 19.1. The van der Waals surface area contributed by atoms with Gasteiger partial charge < -0.3 is 25.2 Å². The first-order valence-electron chi connectivity index (χ1n) is 12.6. The second-order valence-corrected chi connectivity index (χ2v) is 9.64. The molecule has 0 unspecified atom stereocenters. The van der Waals surface area contributed by atoms with Crippen molar-refractivity contribution in [3.8, 4) is 5.75 Å². The molecule has 2 heterocycles. The molecule has 0 fully saturated rings. The van der Waals surface area contributed by atoms with Gasteiger partial charge in [0, 0.05) is 47.7 Å². The molecule has 1 atom stereocenters. The second kappa shape index (κ2) is 13.1. The number of alkyl halides is 3. The lowest BCUT2D eigenvalue weighted by atomic mass is 10.1. The van der Waals surface area contributed by atoms with Crippen LogP contribution in [0.1, 0.15) is 35.7 Å². The Balaban J connectivity index is 1.20. The van der Waals surface area contributed by atoms with E-state index in [0.717, 1.165) is 34.6 Å². The molecule has 3 N–H and O–H groups in total.